The van der Waals surface area contributed by atoms with E-state index in [1.807, 2.05) is 62.3 Å². The maximum absolute atomic E-state index is 14.3. The van der Waals surface area contributed by atoms with E-state index < -0.39 is 70.6 Å². The van der Waals surface area contributed by atoms with Gasteiger partial charge in [0.05, 0.1) is 12.1 Å². The Bertz CT molecular complexity index is 1170. The summed E-state index contributed by atoms with van der Waals surface area (Å²) in [5.41, 5.74) is -1.22. The largest absolute Gasteiger partial charge is 0.447 e. The summed E-state index contributed by atoms with van der Waals surface area (Å²) in [7, 11) is 0. The number of nitrogens with zero attached hydrogens (tertiary/aromatic N) is 1. The van der Waals surface area contributed by atoms with Crippen molar-refractivity contribution in [3.8, 4) is 0 Å². The van der Waals surface area contributed by atoms with Crippen LogP contribution in [-0.4, -0.2) is 90.9 Å². The van der Waals surface area contributed by atoms with Crippen LogP contribution in [0, 0.1) is 28.6 Å². The van der Waals surface area contributed by atoms with Crippen LogP contribution in [-0.2, 0) is 23.9 Å². The molecule has 0 aromatic carbocycles. The van der Waals surface area contributed by atoms with Gasteiger partial charge in [-0.3, -0.25) is 19.2 Å². The van der Waals surface area contributed by atoms with Crippen molar-refractivity contribution in [3.05, 3.63) is 12.7 Å². The quantitative estimate of drug-likeness (QED) is 0.123. The van der Waals surface area contributed by atoms with Crippen LogP contribution in [0.5, 0.6) is 0 Å². The number of hydrogen-bond donors (Lipinski definition) is 5. The number of nitrogens with one attached hydrogen (secondary N) is 5. The molecule has 0 aromatic heterocycles. The first-order valence-electron chi connectivity index (χ1n) is 17.3. The van der Waals surface area contributed by atoms with Gasteiger partial charge in [0.15, 0.2) is 0 Å². The number of carbonyl (C=O) groups excluding carboxylic acids is 6. The second-order valence-corrected chi connectivity index (χ2v) is 15.6. The molecule has 2 rings (SSSR count). The van der Waals surface area contributed by atoms with Crippen molar-refractivity contribution >= 4 is 35.6 Å². The van der Waals surface area contributed by atoms with Crippen LogP contribution >= 0.6 is 0 Å². The van der Waals surface area contributed by atoms with Crippen LogP contribution in [0.4, 0.5) is 9.59 Å². The highest BCUT2D eigenvalue weighted by atomic mass is 16.5. The van der Waals surface area contributed by atoms with E-state index in [0.717, 1.165) is 12.8 Å². The standard InChI is InChI=1S/C35H60N6O7/c1-11-13-24(27(42)30(44)36-17-12-2)38-29(43)26-23(21(3)4)16-18-41(26)31(45)28(35(8,9)10)40-32(46)39-25(34(5,6)7)20-48-33(47)37-19-22-14-15-22/h12,21-26,28H,2,11,13-20H2,1,3-10H3,(H,36,44)(H,37,47)(H,38,43)(H2,39,40,46)/t23-,24?,25-,26?,28?/m1/s1. The van der Waals surface area contributed by atoms with Crippen LogP contribution in [0.15, 0.2) is 12.7 Å². The van der Waals surface area contributed by atoms with Gasteiger partial charge in [-0.15, -0.1) is 6.58 Å². The van der Waals surface area contributed by atoms with Gasteiger partial charge in [0, 0.05) is 19.6 Å². The Morgan fingerprint density at radius 1 is 0.917 bits per heavy atom. The molecule has 2 fully saturated rings. The number of likely N-dealkylation sites (tertiary alicyclic amines) is 1. The number of Topliss-reactive ketones (excluding diaryl/α,β-unsaturated/α-hetero) is 1. The number of ketones is 1. The van der Waals surface area contributed by atoms with E-state index in [0.29, 0.717) is 25.3 Å². The van der Waals surface area contributed by atoms with E-state index in [4.69, 9.17) is 4.74 Å². The van der Waals surface area contributed by atoms with Gasteiger partial charge < -0.3 is 36.2 Å². The topological polar surface area (TPSA) is 175 Å². The molecular weight excluding hydrogens is 616 g/mol. The van der Waals surface area contributed by atoms with Crippen molar-refractivity contribution in [1.29, 1.82) is 0 Å². The highest BCUT2D eigenvalue weighted by Crippen LogP contribution is 2.33. The van der Waals surface area contributed by atoms with Gasteiger partial charge in [-0.25, -0.2) is 9.59 Å². The van der Waals surface area contributed by atoms with Crippen LogP contribution < -0.4 is 26.6 Å². The van der Waals surface area contributed by atoms with Crippen LogP contribution in [0.2, 0.25) is 0 Å². The summed E-state index contributed by atoms with van der Waals surface area (Å²) in [6, 6.07) is -4.13. The predicted molar refractivity (Wildman–Crippen MR) is 184 cm³/mol. The third-order valence-corrected chi connectivity index (χ3v) is 9.05. The molecule has 0 aromatic rings. The van der Waals surface area contributed by atoms with Crippen LogP contribution in [0.1, 0.15) is 94.4 Å². The molecule has 13 nitrogen and oxygen atoms in total. The van der Waals surface area contributed by atoms with Crippen LogP contribution in [0.3, 0.4) is 0 Å². The number of hydrogen-bond acceptors (Lipinski definition) is 7. The highest BCUT2D eigenvalue weighted by Gasteiger charge is 2.48. The van der Waals surface area contributed by atoms with Crippen molar-refractivity contribution in [1.82, 2.24) is 31.5 Å². The number of rotatable bonds is 16. The molecule has 6 amide bonds. The molecule has 272 valence electrons. The van der Waals surface area contributed by atoms with Gasteiger partial charge in [0.2, 0.25) is 17.6 Å². The summed E-state index contributed by atoms with van der Waals surface area (Å²) in [6.45, 7) is 21.5. The Balaban J connectivity index is 2.24. The first-order chi connectivity index (χ1) is 22.3. The van der Waals surface area contributed by atoms with Crippen molar-refractivity contribution in [2.45, 2.75) is 119 Å². The molecule has 2 aliphatic rings. The SMILES string of the molecule is C=CCNC(=O)C(=O)C(CCC)NC(=O)C1[C@@H](C(C)C)CCN1C(=O)C(NC(=O)N[C@H](COC(=O)NCC1CC1)C(C)(C)C)C(C)(C)C. The van der Waals surface area contributed by atoms with Crippen molar-refractivity contribution in [2.75, 3.05) is 26.2 Å². The van der Waals surface area contributed by atoms with Crippen molar-refractivity contribution in [2.24, 2.45) is 28.6 Å². The predicted octanol–water partition coefficient (Wildman–Crippen LogP) is 3.28. The minimum atomic E-state index is -1.05. The van der Waals surface area contributed by atoms with Crippen molar-refractivity contribution < 1.29 is 33.5 Å². The molecule has 3 unspecified atom stereocenters. The first kappa shape index (κ1) is 40.5. The molecule has 0 radical (unpaired) electrons. The summed E-state index contributed by atoms with van der Waals surface area (Å²) in [5.74, 6) is -2.17. The van der Waals surface area contributed by atoms with E-state index >= 15 is 0 Å². The molecule has 1 aliphatic carbocycles. The van der Waals surface area contributed by atoms with Gasteiger partial charge >= 0.3 is 12.1 Å². The Morgan fingerprint density at radius 2 is 1.56 bits per heavy atom. The average Bonchev–Trinajstić information content (AvgIpc) is 3.72. The molecule has 5 atom stereocenters. The molecule has 0 bridgehead atoms. The smallest absolute Gasteiger partial charge is 0.407 e. The maximum atomic E-state index is 14.3. The fourth-order valence-corrected chi connectivity index (χ4v) is 5.74. The normalized spacial score (nSPS) is 19.8. The lowest BCUT2D eigenvalue weighted by Crippen LogP contribution is -2.62. The minimum Gasteiger partial charge on any atom is -0.447 e. The monoisotopic (exact) mass is 676 g/mol. The average molecular weight is 677 g/mol. The van der Waals surface area contributed by atoms with Crippen molar-refractivity contribution in [3.63, 3.8) is 0 Å². The fraction of sp³-hybridized carbons (Fsp3) is 0.771. The summed E-state index contributed by atoms with van der Waals surface area (Å²) >= 11 is 0. The Hall–Kier alpha value is -3.64. The molecule has 1 heterocycles. The molecule has 13 heteroatoms. The molecule has 48 heavy (non-hydrogen) atoms. The number of amides is 6. The number of carbonyl (C=O) groups is 6. The second kappa shape index (κ2) is 17.7. The lowest BCUT2D eigenvalue weighted by atomic mass is 9.84. The molecule has 5 N–H and O–H groups in total. The Kier molecular flexibility index (Phi) is 14.9. The van der Waals surface area contributed by atoms with Gasteiger partial charge in [0.1, 0.15) is 18.7 Å². The van der Waals surface area contributed by atoms with Gasteiger partial charge in [-0.05, 0) is 54.3 Å². The Morgan fingerprint density at radius 3 is 2.08 bits per heavy atom. The molecule has 1 saturated carbocycles. The second-order valence-electron chi connectivity index (χ2n) is 15.6. The summed E-state index contributed by atoms with van der Waals surface area (Å²) in [4.78, 5) is 80.8. The zero-order chi connectivity index (χ0) is 36.4. The fourth-order valence-electron chi connectivity index (χ4n) is 5.74. The number of ether oxygens (including phenoxy) is 1. The minimum absolute atomic E-state index is 0.0353. The third kappa shape index (κ3) is 12.1. The lowest BCUT2D eigenvalue weighted by Gasteiger charge is -2.38. The van der Waals surface area contributed by atoms with E-state index in [1.54, 1.807) is 0 Å². The van der Waals surface area contributed by atoms with E-state index in [2.05, 4.69) is 33.2 Å². The summed E-state index contributed by atoms with van der Waals surface area (Å²) < 4.78 is 5.42. The lowest BCUT2D eigenvalue weighted by molar-refractivity contribution is -0.144. The zero-order valence-corrected chi connectivity index (χ0v) is 30.5. The first-order valence-corrected chi connectivity index (χ1v) is 17.3. The highest BCUT2D eigenvalue weighted by molar-refractivity contribution is 6.38. The van der Waals surface area contributed by atoms with Gasteiger partial charge in [0.25, 0.3) is 5.91 Å². The molecule has 0 spiro atoms. The van der Waals surface area contributed by atoms with E-state index in [9.17, 15) is 28.8 Å². The summed E-state index contributed by atoms with van der Waals surface area (Å²) in [5, 5.41) is 13.7. The Labute approximate surface area is 286 Å². The molecule has 1 saturated heterocycles. The molecular formula is C35H60N6O7. The number of alkyl carbamates (subject to hydrolysis) is 1. The maximum Gasteiger partial charge on any atom is 0.407 e. The van der Waals surface area contributed by atoms with Crippen LogP contribution in [0.25, 0.3) is 0 Å². The molecule has 1 aliphatic heterocycles. The third-order valence-electron chi connectivity index (χ3n) is 9.05. The zero-order valence-electron chi connectivity index (χ0n) is 30.5. The summed E-state index contributed by atoms with van der Waals surface area (Å²) in [6.07, 6.45) is 4.46. The van der Waals surface area contributed by atoms with E-state index in [-0.39, 0.29) is 38.0 Å². The van der Waals surface area contributed by atoms with Gasteiger partial charge in [-0.1, -0.05) is 74.8 Å². The van der Waals surface area contributed by atoms with E-state index in [1.165, 1.54) is 11.0 Å². The number of urea groups is 1. The van der Waals surface area contributed by atoms with Gasteiger partial charge in [-0.2, -0.15) is 0 Å².